The fraction of sp³-hybridized carbons (Fsp3) is 0.438. The maximum atomic E-state index is 12.8. The summed E-state index contributed by atoms with van der Waals surface area (Å²) in [4.78, 5) is 14.0. The second-order valence-electron chi connectivity index (χ2n) is 5.43. The van der Waals surface area contributed by atoms with Crippen molar-refractivity contribution in [3.05, 3.63) is 41.7 Å². The molecule has 108 valence electrons. The van der Waals surface area contributed by atoms with Crippen LogP contribution in [0, 0.1) is 11.7 Å². The Morgan fingerprint density at radius 3 is 2.80 bits per heavy atom. The van der Waals surface area contributed by atoms with Gasteiger partial charge < -0.3 is 10.6 Å². The maximum Gasteiger partial charge on any atom is 0.246 e. The predicted molar refractivity (Wildman–Crippen MR) is 78.4 cm³/mol. The van der Waals surface area contributed by atoms with Crippen LogP contribution in [0.15, 0.2) is 30.3 Å². The van der Waals surface area contributed by atoms with Crippen molar-refractivity contribution in [2.75, 3.05) is 13.1 Å². The lowest BCUT2D eigenvalue weighted by Gasteiger charge is -2.34. The number of benzene rings is 1. The number of rotatable bonds is 3. The molecular weight excluding hydrogens is 255 g/mol. The number of hydrogen-bond donors (Lipinski definition) is 1. The van der Waals surface area contributed by atoms with E-state index in [2.05, 4.69) is 0 Å². The molecule has 1 saturated heterocycles. The van der Waals surface area contributed by atoms with Gasteiger partial charge in [-0.3, -0.25) is 4.79 Å². The molecular formula is C16H21FN2O. The van der Waals surface area contributed by atoms with Crippen molar-refractivity contribution in [2.24, 2.45) is 11.7 Å². The molecule has 20 heavy (non-hydrogen) atoms. The number of piperidine rings is 1. The van der Waals surface area contributed by atoms with Crippen LogP contribution < -0.4 is 5.73 Å². The van der Waals surface area contributed by atoms with E-state index in [1.54, 1.807) is 24.3 Å². The molecule has 0 aromatic heterocycles. The van der Waals surface area contributed by atoms with E-state index in [1.165, 1.54) is 12.1 Å². The monoisotopic (exact) mass is 276 g/mol. The first-order valence-electron chi connectivity index (χ1n) is 7.04. The number of likely N-dealkylation sites (tertiary alicyclic amines) is 1. The number of nitrogens with zero attached hydrogens (tertiary/aromatic N) is 1. The first kappa shape index (κ1) is 14.7. The first-order valence-corrected chi connectivity index (χ1v) is 7.04. The SMILES string of the molecule is CC(N)C1CCCN(C(=O)C=Cc2ccc(F)cc2)C1. The van der Waals surface area contributed by atoms with Crippen molar-refractivity contribution in [2.45, 2.75) is 25.8 Å². The topological polar surface area (TPSA) is 46.3 Å². The van der Waals surface area contributed by atoms with Crippen molar-refractivity contribution in [1.29, 1.82) is 0 Å². The Morgan fingerprint density at radius 2 is 2.15 bits per heavy atom. The quantitative estimate of drug-likeness (QED) is 0.862. The molecule has 0 bridgehead atoms. The molecule has 1 aliphatic rings. The van der Waals surface area contributed by atoms with Gasteiger partial charge in [-0.15, -0.1) is 0 Å². The smallest absolute Gasteiger partial charge is 0.246 e. The highest BCUT2D eigenvalue weighted by atomic mass is 19.1. The van der Waals surface area contributed by atoms with Gasteiger partial charge in [-0.2, -0.15) is 0 Å². The van der Waals surface area contributed by atoms with Gasteiger partial charge in [0.15, 0.2) is 0 Å². The maximum absolute atomic E-state index is 12.8. The minimum absolute atomic E-state index is 0.000301. The molecule has 1 amide bonds. The van der Waals surface area contributed by atoms with Crippen LogP contribution in [0.1, 0.15) is 25.3 Å². The average molecular weight is 276 g/mol. The molecule has 0 spiro atoms. The summed E-state index contributed by atoms with van der Waals surface area (Å²) in [6.07, 6.45) is 5.36. The van der Waals surface area contributed by atoms with Gasteiger partial charge in [-0.25, -0.2) is 4.39 Å². The zero-order valence-electron chi connectivity index (χ0n) is 11.8. The summed E-state index contributed by atoms with van der Waals surface area (Å²) in [6, 6.07) is 6.20. The Morgan fingerprint density at radius 1 is 1.45 bits per heavy atom. The van der Waals surface area contributed by atoms with Crippen LogP contribution in [0.25, 0.3) is 6.08 Å². The Labute approximate surface area is 119 Å². The third kappa shape index (κ3) is 3.90. The fourth-order valence-electron chi connectivity index (χ4n) is 2.49. The Balaban J connectivity index is 1.95. The number of carbonyl (C=O) groups is 1. The normalized spacial score (nSPS) is 21.1. The Hall–Kier alpha value is -1.68. The zero-order chi connectivity index (χ0) is 14.5. The van der Waals surface area contributed by atoms with E-state index in [0.29, 0.717) is 5.92 Å². The lowest BCUT2D eigenvalue weighted by Crippen LogP contribution is -2.44. The highest BCUT2D eigenvalue weighted by Gasteiger charge is 2.24. The summed E-state index contributed by atoms with van der Waals surface area (Å²) in [7, 11) is 0. The Kier molecular flexibility index (Phi) is 4.90. The molecule has 1 aliphatic heterocycles. The summed E-state index contributed by atoms with van der Waals surface area (Å²) in [5.41, 5.74) is 6.74. The van der Waals surface area contributed by atoms with Gasteiger partial charge in [0, 0.05) is 25.2 Å². The summed E-state index contributed by atoms with van der Waals surface area (Å²) < 4.78 is 12.8. The average Bonchev–Trinajstić information content (AvgIpc) is 2.46. The molecule has 1 aromatic carbocycles. The molecule has 2 unspecified atom stereocenters. The van der Waals surface area contributed by atoms with Gasteiger partial charge in [-0.05, 0) is 49.5 Å². The molecule has 1 fully saturated rings. The van der Waals surface area contributed by atoms with Crippen LogP contribution in [-0.4, -0.2) is 29.9 Å². The molecule has 0 saturated carbocycles. The van der Waals surface area contributed by atoms with Crippen molar-refractivity contribution in [3.63, 3.8) is 0 Å². The summed E-state index contributed by atoms with van der Waals surface area (Å²) in [5, 5.41) is 0. The van der Waals surface area contributed by atoms with Crippen LogP contribution >= 0.6 is 0 Å². The predicted octanol–water partition coefficient (Wildman–Crippen LogP) is 2.42. The standard InChI is InChI=1S/C16H21FN2O/c1-12(18)14-3-2-10-19(11-14)16(20)9-6-13-4-7-15(17)8-5-13/h4-9,12,14H,2-3,10-11,18H2,1H3. The van der Waals surface area contributed by atoms with Crippen LogP contribution in [0.3, 0.4) is 0 Å². The number of carbonyl (C=O) groups excluding carboxylic acids is 1. The highest BCUT2D eigenvalue weighted by molar-refractivity contribution is 5.91. The van der Waals surface area contributed by atoms with E-state index in [4.69, 9.17) is 5.73 Å². The van der Waals surface area contributed by atoms with Gasteiger partial charge in [0.25, 0.3) is 0 Å². The number of amides is 1. The van der Waals surface area contributed by atoms with E-state index >= 15 is 0 Å². The Bertz CT molecular complexity index is 482. The largest absolute Gasteiger partial charge is 0.339 e. The lowest BCUT2D eigenvalue weighted by atomic mass is 9.92. The van der Waals surface area contributed by atoms with Crippen molar-refractivity contribution < 1.29 is 9.18 Å². The van der Waals surface area contributed by atoms with Crippen LogP contribution in [0.2, 0.25) is 0 Å². The van der Waals surface area contributed by atoms with Gasteiger partial charge in [0.05, 0.1) is 0 Å². The summed E-state index contributed by atoms with van der Waals surface area (Å²) >= 11 is 0. The molecule has 1 heterocycles. The second-order valence-corrected chi connectivity index (χ2v) is 5.43. The number of halogens is 1. The van der Waals surface area contributed by atoms with Crippen molar-refractivity contribution in [3.8, 4) is 0 Å². The van der Waals surface area contributed by atoms with Gasteiger partial charge in [0.1, 0.15) is 5.82 Å². The molecule has 2 rings (SSSR count). The molecule has 2 N–H and O–H groups in total. The van der Waals surface area contributed by atoms with Crippen LogP contribution in [0.4, 0.5) is 4.39 Å². The molecule has 0 radical (unpaired) electrons. The minimum atomic E-state index is -0.274. The first-order chi connectivity index (χ1) is 9.56. The molecule has 4 heteroatoms. The van der Waals surface area contributed by atoms with E-state index in [0.717, 1.165) is 31.5 Å². The van der Waals surface area contributed by atoms with Crippen LogP contribution in [0.5, 0.6) is 0 Å². The third-order valence-corrected chi connectivity index (χ3v) is 3.80. The summed E-state index contributed by atoms with van der Waals surface area (Å²) in [6.45, 7) is 3.51. The van der Waals surface area contributed by atoms with Gasteiger partial charge >= 0.3 is 0 Å². The zero-order valence-corrected chi connectivity index (χ0v) is 11.8. The van der Waals surface area contributed by atoms with Gasteiger partial charge in [0.2, 0.25) is 5.91 Å². The van der Waals surface area contributed by atoms with E-state index in [1.807, 2.05) is 11.8 Å². The molecule has 3 nitrogen and oxygen atoms in total. The molecule has 2 atom stereocenters. The fourth-order valence-corrected chi connectivity index (χ4v) is 2.49. The number of nitrogens with two attached hydrogens (primary N) is 1. The molecule has 0 aliphatic carbocycles. The van der Waals surface area contributed by atoms with Crippen LogP contribution in [-0.2, 0) is 4.79 Å². The second kappa shape index (κ2) is 6.66. The summed E-state index contributed by atoms with van der Waals surface area (Å²) in [5.74, 6) is 0.107. The third-order valence-electron chi connectivity index (χ3n) is 3.80. The molecule has 1 aromatic rings. The minimum Gasteiger partial charge on any atom is -0.339 e. The number of hydrogen-bond acceptors (Lipinski definition) is 2. The van der Waals surface area contributed by atoms with E-state index < -0.39 is 0 Å². The lowest BCUT2D eigenvalue weighted by molar-refractivity contribution is -0.127. The highest BCUT2D eigenvalue weighted by Crippen LogP contribution is 2.19. The van der Waals surface area contributed by atoms with Gasteiger partial charge in [-0.1, -0.05) is 12.1 Å². The van der Waals surface area contributed by atoms with E-state index in [-0.39, 0.29) is 17.8 Å². The van der Waals surface area contributed by atoms with E-state index in [9.17, 15) is 9.18 Å². The van der Waals surface area contributed by atoms with Crippen molar-refractivity contribution >= 4 is 12.0 Å². The van der Waals surface area contributed by atoms with Crippen molar-refractivity contribution in [1.82, 2.24) is 4.90 Å².